The number of likely N-dealkylation sites (tertiary alicyclic amines) is 1. The van der Waals surface area contributed by atoms with Gasteiger partial charge in [0.25, 0.3) is 15.9 Å². The topological polar surface area (TPSA) is 119 Å². The SMILES string of the molecule is Cc1cc(NS(=O)(=O)c2cccc(C(=O)O[C@@H](C)C(=O)N3CCC(C)CC3)c2)no1. The third-order valence-corrected chi connectivity index (χ3v) is 6.33. The number of hydrogen-bond donors (Lipinski definition) is 1. The van der Waals surface area contributed by atoms with Crippen LogP contribution in [0.3, 0.4) is 0 Å². The molecule has 0 bridgehead atoms. The molecule has 1 saturated heterocycles. The number of sulfonamides is 1. The van der Waals surface area contributed by atoms with Crippen molar-refractivity contribution >= 4 is 27.7 Å². The number of benzene rings is 1. The lowest BCUT2D eigenvalue weighted by Crippen LogP contribution is -2.44. The van der Waals surface area contributed by atoms with Gasteiger partial charge in [0.15, 0.2) is 11.9 Å². The zero-order chi connectivity index (χ0) is 21.9. The molecular formula is C20H25N3O6S. The summed E-state index contributed by atoms with van der Waals surface area (Å²) in [5.74, 6) is 0.0476. The Morgan fingerprint density at radius 2 is 1.97 bits per heavy atom. The first-order valence-corrected chi connectivity index (χ1v) is 11.2. The van der Waals surface area contributed by atoms with Crippen molar-refractivity contribution in [3.05, 3.63) is 41.7 Å². The van der Waals surface area contributed by atoms with Gasteiger partial charge in [-0.1, -0.05) is 18.1 Å². The maximum Gasteiger partial charge on any atom is 0.338 e. The Morgan fingerprint density at radius 1 is 1.27 bits per heavy atom. The lowest BCUT2D eigenvalue weighted by molar-refractivity contribution is -0.141. The normalized spacial score (nSPS) is 16.2. The summed E-state index contributed by atoms with van der Waals surface area (Å²) in [6.07, 6.45) is 0.886. The molecule has 0 saturated carbocycles. The smallest absolute Gasteiger partial charge is 0.338 e. The first-order valence-electron chi connectivity index (χ1n) is 9.71. The lowest BCUT2D eigenvalue weighted by Gasteiger charge is -2.31. The maximum atomic E-state index is 12.5. The monoisotopic (exact) mass is 435 g/mol. The van der Waals surface area contributed by atoms with Crippen molar-refractivity contribution in [3.63, 3.8) is 0 Å². The number of esters is 1. The molecule has 30 heavy (non-hydrogen) atoms. The Kier molecular flexibility index (Phi) is 6.45. The number of hydrogen-bond acceptors (Lipinski definition) is 7. The highest BCUT2D eigenvalue weighted by Crippen LogP contribution is 2.19. The van der Waals surface area contributed by atoms with Crippen LogP contribution in [0.15, 0.2) is 39.8 Å². The zero-order valence-corrected chi connectivity index (χ0v) is 17.9. The van der Waals surface area contributed by atoms with E-state index in [0.717, 1.165) is 12.8 Å². The van der Waals surface area contributed by atoms with Gasteiger partial charge in [-0.2, -0.15) is 0 Å². The average molecular weight is 436 g/mol. The van der Waals surface area contributed by atoms with E-state index in [1.165, 1.54) is 37.3 Å². The number of ether oxygens (including phenoxy) is 1. The van der Waals surface area contributed by atoms with Gasteiger partial charge in [0, 0.05) is 19.2 Å². The minimum atomic E-state index is -3.98. The van der Waals surface area contributed by atoms with Gasteiger partial charge in [-0.3, -0.25) is 9.52 Å². The molecule has 162 valence electrons. The van der Waals surface area contributed by atoms with E-state index in [9.17, 15) is 18.0 Å². The van der Waals surface area contributed by atoms with Crippen LogP contribution in [0.1, 0.15) is 42.8 Å². The van der Waals surface area contributed by atoms with E-state index in [2.05, 4.69) is 16.8 Å². The van der Waals surface area contributed by atoms with Crippen LogP contribution in [0.2, 0.25) is 0 Å². The van der Waals surface area contributed by atoms with Crippen molar-refractivity contribution in [2.45, 2.75) is 44.6 Å². The first-order chi connectivity index (χ1) is 14.2. The lowest BCUT2D eigenvalue weighted by atomic mass is 9.99. The molecule has 10 heteroatoms. The predicted octanol–water partition coefficient (Wildman–Crippen LogP) is 2.59. The highest BCUT2D eigenvalue weighted by Gasteiger charge is 2.27. The number of carbonyl (C=O) groups is 2. The molecular weight excluding hydrogens is 410 g/mol. The van der Waals surface area contributed by atoms with Gasteiger partial charge in [0.05, 0.1) is 10.5 Å². The molecule has 0 radical (unpaired) electrons. The van der Waals surface area contributed by atoms with Gasteiger partial charge >= 0.3 is 5.97 Å². The van der Waals surface area contributed by atoms with Crippen LogP contribution in [0.5, 0.6) is 0 Å². The summed E-state index contributed by atoms with van der Waals surface area (Å²) in [5.41, 5.74) is 0.0288. The van der Waals surface area contributed by atoms with Crippen LogP contribution in [0.4, 0.5) is 5.82 Å². The Hall–Kier alpha value is -2.88. The highest BCUT2D eigenvalue weighted by atomic mass is 32.2. The Morgan fingerprint density at radius 3 is 2.60 bits per heavy atom. The van der Waals surface area contributed by atoms with E-state index in [-0.39, 0.29) is 22.2 Å². The molecule has 2 aromatic rings. The summed E-state index contributed by atoms with van der Waals surface area (Å²) in [7, 11) is -3.98. The van der Waals surface area contributed by atoms with Crippen LogP contribution in [-0.4, -0.2) is 49.5 Å². The second-order valence-corrected chi connectivity index (χ2v) is 9.19. The van der Waals surface area contributed by atoms with Crippen LogP contribution >= 0.6 is 0 Å². The number of carbonyl (C=O) groups excluding carboxylic acids is 2. The Bertz CT molecular complexity index is 1020. The van der Waals surface area contributed by atoms with Crippen molar-refractivity contribution in [3.8, 4) is 0 Å². The van der Waals surface area contributed by atoms with E-state index in [1.807, 2.05) is 0 Å². The Labute approximate surface area is 175 Å². The fourth-order valence-corrected chi connectivity index (χ4v) is 4.20. The number of nitrogens with zero attached hydrogens (tertiary/aromatic N) is 2. The molecule has 1 aliphatic heterocycles. The number of amides is 1. The third kappa shape index (κ3) is 5.18. The van der Waals surface area contributed by atoms with Crippen molar-refractivity contribution in [2.24, 2.45) is 5.92 Å². The van der Waals surface area contributed by atoms with Gasteiger partial charge in [-0.25, -0.2) is 13.2 Å². The minimum absolute atomic E-state index is 0.0288. The molecule has 1 aromatic carbocycles. The summed E-state index contributed by atoms with van der Waals surface area (Å²) in [5, 5.41) is 3.59. The van der Waals surface area contributed by atoms with Crippen molar-refractivity contribution in [1.82, 2.24) is 10.1 Å². The molecule has 2 heterocycles. The zero-order valence-electron chi connectivity index (χ0n) is 17.1. The Balaban J connectivity index is 1.67. The number of nitrogens with one attached hydrogen (secondary N) is 1. The molecule has 0 spiro atoms. The molecule has 1 atom stereocenters. The van der Waals surface area contributed by atoms with E-state index in [1.54, 1.807) is 11.8 Å². The summed E-state index contributed by atoms with van der Waals surface area (Å²) >= 11 is 0. The molecule has 0 aliphatic carbocycles. The average Bonchev–Trinajstić information content (AvgIpc) is 3.12. The van der Waals surface area contributed by atoms with Crippen LogP contribution in [-0.2, 0) is 19.6 Å². The largest absolute Gasteiger partial charge is 0.449 e. The fraction of sp³-hybridized carbons (Fsp3) is 0.450. The number of rotatable bonds is 6. The van der Waals surface area contributed by atoms with Crippen LogP contribution in [0, 0.1) is 12.8 Å². The van der Waals surface area contributed by atoms with Crippen molar-refractivity contribution in [1.29, 1.82) is 0 Å². The van der Waals surface area contributed by atoms with Gasteiger partial charge < -0.3 is 14.2 Å². The van der Waals surface area contributed by atoms with E-state index >= 15 is 0 Å². The highest BCUT2D eigenvalue weighted by molar-refractivity contribution is 7.92. The second kappa shape index (κ2) is 8.86. The molecule has 1 fully saturated rings. The van der Waals surface area contributed by atoms with E-state index in [4.69, 9.17) is 9.26 Å². The van der Waals surface area contributed by atoms with Crippen molar-refractivity contribution < 1.29 is 27.3 Å². The molecule has 1 N–H and O–H groups in total. The standard InChI is InChI=1S/C20H25N3O6S/c1-13-7-9-23(10-8-13)19(24)15(3)28-20(25)16-5-4-6-17(12-16)30(26,27)22-18-11-14(2)29-21-18/h4-6,11-13,15H,7-10H2,1-3H3,(H,21,22)/t15-/m0/s1. The quantitative estimate of drug-likeness (QED) is 0.693. The minimum Gasteiger partial charge on any atom is -0.449 e. The van der Waals surface area contributed by atoms with Crippen molar-refractivity contribution in [2.75, 3.05) is 17.8 Å². The summed E-state index contributed by atoms with van der Waals surface area (Å²) in [6.45, 7) is 6.58. The number of aryl methyl sites for hydroxylation is 1. The van der Waals surface area contributed by atoms with Gasteiger partial charge in [0.1, 0.15) is 5.76 Å². The summed E-state index contributed by atoms with van der Waals surface area (Å²) in [6, 6.07) is 6.83. The molecule has 0 unspecified atom stereocenters. The molecule has 1 aliphatic rings. The van der Waals surface area contributed by atoms with Crippen LogP contribution in [0.25, 0.3) is 0 Å². The molecule has 1 amide bonds. The second-order valence-electron chi connectivity index (χ2n) is 7.51. The molecule has 9 nitrogen and oxygen atoms in total. The number of anilines is 1. The number of aromatic nitrogens is 1. The van der Waals surface area contributed by atoms with E-state index in [0.29, 0.717) is 24.8 Å². The molecule has 3 rings (SSSR count). The fourth-order valence-electron chi connectivity index (χ4n) is 3.17. The number of piperidine rings is 1. The third-order valence-electron chi connectivity index (χ3n) is 4.97. The summed E-state index contributed by atoms with van der Waals surface area (Å²) in [4.78, 5) is 26.6. The predicted molar refractivity (Wildman–Crippen MR) is 108 cm³/mol. The first kappa shape index (κ1) is 21.8. The summed E-state index contributed by atoms with van der Waals surface area (Å²) < 4.78 is 37.5. The van der Waals surface area contributed by atoms with Crippen LogP contribution < -0.4 is 4.72 Å². The van der Waals surface area contributed by atoms with Gasteiger partial charge in [-0.05, 0) is 50.8 Å². The van der Waals surface area contributed by atoms with Gasteiger partial charge in [0.2, 0.25) is 0 Å². The maximum absolute atomic E-state index is 12.5. The van der Waals surface area contributed by atoms with Gasteiger partial charge in [-0.15, -0.1) is 0 Å². The van der Waals surface area contributed by atoms with E-state index < -0.39 is 22.1 Å². The molecule has 1 aromatic heterocycles.